The van der Waals surface area contributed by atoms with Gasteiger partial charge in [0.2, 0.25) is 0 Å². The maximum absolute atomic E-state index is 13.8. The standard InChI is InChI=1S/C18H17BrFNO3/c1-12(17(22)21(2)11-13-6-4-3-5-7-13)24-18(23)15-9-8-14(19)10-16(15)20/h3-10,12H,11H2,1-2H3/t12-/m1/s1. The minimum absolute atomic E-state index is 0.205. The van der Waals surface area contributed by atoms with E-state index in [1.54, 1.807) is 7.05 Å². The first-order valence-electron chi connectivity index (χ1n) is 7.33. The summed E-state index contributed by atoms with van der Waals surface area (Å²) in [6.45, 7) is 1.87. The highest BCUT2D eigenvalue weighted by molar-refractivity contribution is 9.10. The van der Waals surface area contributed by atoms with Crippen molar-refractivity contribution in [3.63, 3.8) is 0 Å². The molecule has 2 aromatic rings. The molecule has 1 amide bonds. The van der Waals surface area contributed by atoms with Crippen LogP contribution in [-0.4, -0.2) is 29.9 Å². The lowest BCUT2D eigenvalue weighted by Crippen LogP contribution is -2.37. The molecule has 0 N–H and O–H groups in total. The van der Waals surface area contributed by atoms with Gasteiger partial charge in [0.05, 0.1) is 5.56 Å². The third-order valence-corrected chi connectivity index (χ3v) is 3.91. The van der Waals surface area contributed by atoms with Crippen LogP contribution in [0.4, 0.5) is 4.39 Å². The number of benzene rings is 2. The van der Waals surface area contributed by atoms with Crippen molar-refractivity contribution >= 4 is 27.8 Å². The van der Waals surface area contributed by atoms with Crippen molar-refractivity contribution in [2.24, 2.45) is 0 Å². The fourth-order valence-corrected chi connectivity index (χ4v) is 2.51. The molecule has 2 rings (SSSR count). The summed E-state index contributed by atoms with van der Waals surface area (Å²) < 4.78 is 19.4. The number of rotatable bonds is 5. The summed E-state index contributed by atoms with van der Waals surface area (Å²) in [7, 11) is 1.62. The van der Waals surface area contributed by atoms with Crippen LogP contribution in [0.25, 0.3) is 0 Å². The van der Waals surface area contributed by atoms with E-state index < -0.39 is 17.9 Å². The van der Waals surface area contributed by atoms with Crippen LogP contribution in [0.5, 0.6) is 0 Å². The summed E-state index contributed by atoms with van der Waals surface area (Å²) in [5.74, 6) is -1.93. The first kappa shape index (κ1) is 18.1. The maximum Gasteiger partial charge on any atom is 0.341 e. The van der Waals surface area contributed by atoms with Crippen LogP contribution in [0.1, 0.15) is 22.8 Å². The molecule has 0 radical (unpaired) electrons. The van der Waals surface area contributed by atoms with Gasteiger partial charge in [-0.3, -0.25) is 4.79 Å². The van der Waals surface area contributed by atoms with Gasteiger partial charge in [0, 0.05) is 18.1 Å². The van der Waals surface area contributed by atoms with Crippen molar-refractivity contribution in [1.82, 2.24) is 4.90 Å². The Labute approximate surface area is 148 Å². The Bertz CT molecular complexity index is 736. The smallest absolute Gasteiger partial charge is 0.341 e. The number of halogens is 2. The molecule has 126 valence electrons. The summed E-state index contributed by atoms with van der Waals surface area (Å²) in [4.78, 5) is 25.8. The summed E-state index contributed by atoms with van der Waals surface area (Å²) in [6, 6.07) is 13.5. The summed E-state index contributed by atoms with van der Waals surface area (Å²) in [6.07, 6.45) is -1.01. The van der Waals surface area contributed by atoms with Crippen LogP contribution < -0.4 is 0 Å². The Hall–Kier alpha value is -2.21. The van der Waals surface area contributed by atoms with E-state index in [0.29, 0.717) is 11.0 Å². The molecule has 0 saturated heterocycles. The number of hydrogen-bond donors (Lipinski definition) is 0. The molecule has 1 atom stereocenters. The molecule has 0 unspecified atom stereocenters. The zero-order valence-corrected chi connectivity index (χ0v) is 14.9. The Morgan fingerprint density at radius 1 is 1.21 bits per heavy atom. The lowest BCUT2D eigenvalue weighted by Gasteiger charge is -2.21. The van der Waals surface area contributed by atoms with Crippen LogP contribution in [0.15, 0.2) is 53.0 Å². The quantitative estimate of drug-likeness (QED) is 0.725. The van der Waals surface area contributed by atoms with Gasteiger partial charge in [0.1, 0.15) is 5.82 Å². The van der Waals surface area contributed by atoms with E-state index in [1.165, 1.54) is 30.0 Å². The van der Waals surface area contributed by atoms with E-state index in [-0.39, 0.29) is 11.5 Å². The minimum atomic E-state index is -1.01. The molecule has 4 nitrogen and oxygen atoms in total. The SMILES string of the molecule is C[C@@H](OC(=O)c1ccc(Br)cc1F)C(=O)N(C)Cc1ccccc1. The summed E-state index contributed by atoms with van der Waals surface area (Å²) in [5.41, 5.74) is 0.759. The van der Waals surface area contributed by atoms with E-state index in [0.717, 1.165) is 5.56 Å². The summed E-state index contributed by atoms with van der Waals surface area (Å²) >= 11 is 3.12. The molecule has 0 heterocycles. The lowest BCUT2D eigenvalue weighted by atomic mass is 10.2. The molecule has 0 aromatic heterocycles. The zero-order valence-electron chi connectivity index (χ0n) is 13.3. The fraction of sp³-hybridized carbons (Fsp3) is 0.222. The van der Waals surface area contributed by atoms with E-state index in [4.69, 9.17) is 4.74 Å². The molecule has 0 aliphatic carbocycles. The summed E-state index contributed by atoms with van der Waals surface area (Å²) in [5, 5.41) is 0. The van der Waals surface area contributed by atoms with Crippen LogP contribution in [0.3, 0.4) is 0 Å². The Balaban J connectivity index is 1.99. The lowest BCUT2D eigenvalue weighted by molar-refractivity contribution is -0.139. The van der Waals surface area contributed by atoms with Crippen molar-refractivity contribution in [3.8, 4) is 0 Å². The molecule has 6 heteroatoms. The monoisotopic (exact) mass is 393 g/mol. The number of esters is 1. The molecule has 0 fully saturated rings. The second kappa shape index (κ2) is 8.06. The van der Waals surface area contributed by atoms with Gasteiger partial charge < -0.3 is 9.64 Å². The first-order valence-corrected chi connectivity index (χ1v) is 8.12. The number of amides is 1. The highest BCUT2D eigenvalue weighted by Crippen LogP contribution is 2.17. The minimum Gasteiger partial charge on any atom is -0.449 e. The Kier molecular flexibility index (Phi) is 6.09. The molecule has 0 spiro atoms. The van der Waals surface area contributed by atoms with Crippen molar-refractivity contribution < 1.29 is 18.7 Å². The average Bonchev–Trinajstić information content (AvgIpc) is 2.54. The third-order valence-electron chi connectivity index (χ3n) is 3.42. The van der Waals surface area contributed by atoms with Crippen molar-refractivity contribution in [3.05, 3.63) is 69.9 Å². The number of carbonyl (C=O) groups is 2. The van der Waals surface area contributed by atoms with Gasteiger partial charge in [-0.25, -0.2) is 9.18 Å². The van der Waals surface area contributed by atoms with E-state index in [2.05, 4.69) is 15.9 Å². The number of hydrogen-bond acceptors (Lipinski definition) is 3. The molecular weight excluding hydrogens is 377 g/mol. The molecular formula is C18H17BrFNO3. The molecule has 0 saturated carbocycles. The van der Waals surface area contributed by atoms with Gasteiger partial charge in [-0.05, 0) is 30.7 Å². The van der Waals surface area contributed by atoms with Crippen molar-refractivity contribution in [1.29, 1.82) is 0 Å². The fourth-order valence-electron chi connectivity index (χ4n) is 2.18. The predicted octanol–water partition coefficient (Wildman–Crippen LogP) is 3.79. The molecule has 2 aromatic carbocycles. The highest BCUT2D eigenvalue weighted by atomic mass is 79.9. The number of ether oxygens (including phenoxy) is 1. The largest absolute Gasteiger partial charge is 0.449 e. The van der Waals surface area contributed by atoms with E-state index >= 15 is 0 Å². The molecule has 0 aliphatic heterocycles. The normalized spacial score (nSPS) is 11.7. The van der Waals surface area contributed by atoms with Gasteiger partial charge >= 0.3 is 5.97 Å². The topological polar surface area (TPSA) is 46.6 Å². The number of nitrogens with zero attached hydrogens (tertiary/aromatic N) is 1. The van der Waals surface area contributed by atoms with Gasteiger partial charge in [-0.1, -0.05) is 46.3 Å². The molecule has 0 aliphatic rings. The van der Waals surface area contributed by atoms with Crippen LogP contribution in [-0.2, 0) is 16.1 Å². The molecule has 0 bridgehead atoms. The van der Waals surface area contributed by atoms with Gasteiger partial charge in [-0.15, -0.1) is 0 Å². The second-order valence-electron chi connectivity index (χ2n) is 5.35. The van der Waals surface area contributed by atoms with E-state index in [1.807, 2.05) is 30.3 Å². The predicted molar refractivity (Wildman–Crippen MR) is 91.9 cm³/mol. The first-order chi connectivity index (χ1) is 11.4. The average molecular weight is 394 g/mol. The highest BCUT2D eigenvalue weighted by Gasteiger charge is 2.23. The third kappa shape index (κ3) is 4.64. The number of carbonyl (C=O) groups excluding carboxylic acids is 2. The Morgan fingerprint density at radius 3 is 2.50 bits per heavy atom. The second-order valence-corrected chi connectivity index (χ2v) is 6.27. The van der Waals surface area contributed by atoms with E-state index in [9.17, 15) is 14.0 Å². The van der Waals surface area contributed by atoms with Crippen LogP contribution in [0.2, 0.25) is 0 Å². The van der Waals surface area contributed by atoms with Gasteiger partial charge in [-0.2, -0.15) is 0 Å². The molecule has 24 heavy (non-hydrogen) atoms. The number of likely N-dealkylation sites (N-methyl/N-ethyl adjacent to an activating group) is 1. The van der Waals surface area contributed by atoms with Gasteiger partial charge in [0.25, 0.3) is 5.91 Å². The maximum atomic E-state index is 13.8. The zero-order chi connectivity index (χ0) is 17.7. The van der Waals surface area contributed by atoms with Crippen LogP contribution in [0, 0.1) is 5.82 Å². The van der Waals surface area contributed by atoms with Crippen molar-refractivity contribution in [2.45, 2.75) is 19.6 Å². The van der Waals surface area contributed by atoms with Crippen LogP contribution >= 0.6 is 15.9 Å². The Morgan fingerprint density at radius 2 is 1.88 bits per heavy atom. The van der Waals surface area contributed by atoms with Gasteiger partial charge in [0.15, 0.2) is 6.10 Å². The van der Waals surface area contributed by atoms with Crippen molar-refractivity contribution in [2.75, 3.05) is 7.05 Å².